The average molecular weight is 128 g/mol. The summed E-state index contributed by atoms with van der Waals surface area (Å²) in [6, 6.07) is 0. The molecule has 0 amide bonds. The smallest absolute Gasteiger partial charge is 0.158 e. The Labute approximate surface area is 53.6 Å². The maximum atomic E-state index is 12.0. The van der Waals surface area contributed by atoms with Crippen molar-refractivity contribution in [1.29, 1.82) is 5.41 Å². The predicted octanol–water partition coefficient (Wildman–Crippen LogP) is 1.93. The van der Waals surface area contributed by atoms with Gasteiger partial charge in [-0.15, -0.1) is 0 Å². The van der Waals surface area contributed by atoms with E-state index in [-0.39, 0.29) is 0 Å². The minimum Gasteiger partial charge on any atom is -0.306 e. The van der Waals surface area contributed by atoms with Gasteiger partial charge in [-0.2, -0.15) is 0 Å². The third-order valence-electron chi connectivity index (χ3n) is 0.624. The fourth-order valence-electron chi connectivity index (χ4n) is 0.267. The standard InChI is InChI=1S/C6H9FN2/c1-2-3-9-5-6(7)4-8/h3-5,8H,2H2,1H3. The molecule has 0 rings (SSSR count). The van der Waals surface area contributed by atoms with Crippen molar-refractivity contribution in [1.82, 2.24) is 0 Å². The molecular weight excluding hydrogens is 119 g/mol. The monoisotopic (exact) mass is 128 g/mol. The van der Waals surface area contributed by atoms with Crippen molar-refractivity contribution >= 4 is 12.4 Å². The largest absolute Gasteiger partial charge is 0.306 e. The van der Waals surface area contributed by atoms with Crippen molar-refractivity contribution in [2.45, 2.75) is 13.3 Å². The molecule has 0 aromatic rings. The van der Waals surface area contributed by atoms with Crippen molar-refractivity contribution in [3.05, 3.63) is 12.0 Å². The van der Waals surface area contributed by atoms with Gasteiger partial charge in [0, 0.05) is 6.21 Å². The lowest BCUT2D eigenvalue weighted by atomic mass is 10.5. The minimum atomic E-state index is -0.625. The van der Waals surface area contributed by atoms with Gasteiger partial charge in [0.15, 0.2) is 5.83 Å². The van der Waals surface area contributed by atoms with E-state index in [9.17, 15) is 4.39 Å². The van der Waals surface area contributed by atoms with Crippen LogP contribution in [-0.4, -0.2) is 12.4 Å². The Balaban J connectivity index is 3.68. The van der Waals surface area contributed by atoms with Crippen molar-refractivity contribution in [2.24, 2.45) is 4.99 Å². The van der Waals surface area contributed by atoms with Crippen LogP contribution >= 0.6 is 0 Å². The maximum Gasteiger partial charge on any atom is 0.158 e. The molecule has 1 N–H and O–H groups in total. The molecule has 0 aromatic carbocycles. The van der Waals surface area contributed by atoms with Crippen molar-refractivity contribution in [3.8, 4) is 0 Å². The maximum absolute atomic E-state index is 12.0. The van der Waals surface area contributed by atoms with Crippen LogP contribution in [0.3, 0.4) is 0 Å². The molecule has 0 heterocycles. The average Bonchev–Trinajstić information content (AvgIpc) is 1.89. The Morgan fingerprint density at radius 1 is 1.78 bits per heavy atom. The summed E-state index contributed by atoms with van der Waals surface area (Å²) in [6.07, 6.45) is 3.98. The Morgan fingerprint density at radius 2 is 2.44 bits per heavy atom. The van der Waals surface area contributed by atoms with Gasteiger partial charge in [0.25, 0.3) is 0 Å². The van der Waals surface area contributed by atoms with Gasteiger partial charge >= 0.3 is 0 Å². The fourth-order valence-corrected chi connectivity index (χ4v) is 0.267. The van der Waals surface area contributed by atoms with Crippen LogP contribution in [0.4, 0.5) is 4.39 Å². The molecule has 0 bridgehead atoms. The van der Waals surface area contributed by atoms with Gasteiger partial charge in [0.2, 0.25) is 0 Å². The van der Waals surface area contributed by atoms with Crippen LogP contribution in [0.5, 0.6) is 0 Å². The number of hydrogen-bond donors (Lipinski definition) is 1. The minimum absolute atomic E-state index is 0.618. The molecule has 50 valence electrons. The lowest BCUT2D eigenvalue weighted by molar-refractivity contribution is 0.682. The van der Waals surface area contributed by atoms with Gasteiger partial charge < -0.3 is 5.41 Å². The number of allylic oxidation sites excluding steroid dienone is 1. The second-order valence-electron chi connectivity index (χ2n) is 1.40. The van der Waals surface area contributed by atoms with Crippen molar-refractivity contribution in [3.63, 3.8) is 0 Å². The van der Waals surface area contributed by atoms with Gasteiger partial charge in [0.1, 0.15) is 0 Å². The molecule has 0 radical (unpaired) electrons. The molecule has 0 atom stereocenters. The number of aliphatic imine (C=N–C) groups is 1. The van der Waals surface area contributed by atoms with E-state index in [1.54, 1.807) is 6.21 Å². The first-order chi connectivity index (χ1) is 4.31. The highest BCUT2D eigenvalue weighted by atomic mass is 19.1. The second kappa shape index (κ2) is 5.15. The summed E-state index contributed by atoms with van der Waals surface area (Å²) in [5.74, 6) is -0.625. The summed E-state index contributed by atoms with van der Waals surface area (Å²) in [5, 5.41) is 6.40. The Bertz CT molecular complexity index is 138. The van der Waals surface area contributed by atoms with Gasteiger partial charge in [-0.3, -0.25) is 4.99 Å². The van der Waals surface area contributed by atoms with Crippen molar-refractivity contribution < 1.29 is 4.39 Å². The van der Waals surface area contributed by atoms with E-state index in [4.69, 9.17) is 5.41 Å². The first kappa shape index (κ1) is 8.01. The van der Waals surface area contributed by atoms with Gasteiger partial charge in [0.05, 0.1) is 12.4 Å². The molecule has 0 aliphatic rings. The quantitative estimate of drug-likeness (QED) is 0.564. The molecular formula is C6H9FN2. The third kappa shape index (κ3) is 4.87. The Kier molecular flexibility index (Phi) is 4.59. The molecule has 9 heavy (non-hydrogen) atoms. The molecule has 2 nitrogen and oxygen atoms in total. The molecule has 0 aromatic heterocycles. The second-order valence-corrected chi connectivity index (χ2v) is 1.40. The topological polar surface area (TPSA) is 36.2 Å². The van der Waals surface area contributed by atoms with Crippen LogP contribution in [0.15, 0.2) is 17.0 Å². The van der Waals surface area contributed by atoms with Crippen LogP contribution in [0.1, 0.15) is 13.3 Å². The summed E-state index contributed by atoms with van der Waals surface area (Å²) in [6.45, 7) is 1.90. The highest BCUT2D eigenvalue weighted by Crippen LogP contribution is 1.89. The van der Waals surface area contributed by atoms with E-state index in [0.717, 1.165) is 12.6 Å². The van der Waals surface area contributed by atoms with Crippen LogP contribution in [0, 0.1) is 5.41 Å². The molecule has 3 heteroatoms. The van der Waals surface area contributed by atoms with Gasteiger partial charge in [-0.05, 0) is 6.42 Å². The molecule has 0 unspecified atom stereocenters. The molecule has 0 saturated heterocycles. The van der Waals surface area contributed by atoms with Crippen LogP contribution in [0.25, 0.3) is 0 Å². The SMILES string of the molecule is CCC=NC=C(F)C=N. The Hall–Kier alpha value is -0.990. The normalized spacial score (nSPS) is 12.4. The van der Waals surface area contributed by atoms with Gasteiger partial charge in [-0.25, -0.2) is 4.39 Å². The first-order valence-electron chi connectivity index (χ1n) is 2.69. The van der Waals surface area contributed by atoms with Crippen LogP contribution in [0.2, 0.25) is 0 Å². The molecule has 0 fully saturated rings. The summed E-state index contributed by atoms with van der Waals surface area (Å²) in [4.78, 5) is 3.55. The molecule has 0 saturated carbocycles. The van der Waals surface area contributed by atoms with E-state index >= 15 is 0 Å². The molecule has 0 aliphatic carbocycles. The van der Waals surface area contributed by atoms with Crippen LogP contribution < -0.4 is 0 Å². The number of hydrogen-bond acceptors (Lipinski definition) is 2. The number of nitrogens with zero attached hydrogens (tertiary/aromatic N) is 1. The zero-order valence-corrected chi connectivity index (χ0v) is 5.26. The summed E-state index contributed by atoms with van der Waals surface area (Å²) >= 11 is 0. The van der Waals surface area contributed by atoms with Crippen molar-refractivity contribution in [2.75, 3.05) is 0 Å². The number of nitrogens with one attached hydrogen (secondary N) is 1. The van der Waals surface area contributed by atoms with E-state index in [2.05, 4.69) is 4.99 Å². The lowest BCUT2D eigenvalue weighted by Crippen LogP contribution is -1.70. The van der Waals surface area contributed by atoms with E-state index in [1.807, 2.05) is 6.92 Å². The summed E-state index contributed by atoms with van der Waals surface area (Å²) in [5.41, 5.74) is 0. The predicted molar refractivity (Wildman–Crippen MR) is 36.8 cm³/mol. The third-order valence-corrected chi connectivity index (χ3v) is 0.624. The number of rotatable bonds is 3. The highest BCUT2D eigenvalue weighted by Gasteiger charge is 1.79. The molecule has 0 spiro atoms. The lowest BCUT2D eigenvalue weighted by Gasteiger charge is -1.77. The van der Waals surface area contributed by atoms with Gasteiger partial charge in [-0.1, -0.05) is 6.92 Å². The summed E-state index contributed by atoms with van der Waals surface area (Å²) < 4.78 is 12.0. The summed E-state index contributed by atoms with van der Waals surface area (Å²) in [7, 11) is 0. The van der Waals surface area contributed by atoms with Crippen LogP contribution in [-0.2, 0) is 0 Å². The fraction of sp³-hybridized carbons (Fsp3) is 0.333. The zero-order chi connectivity index (χ0) is 7.11. The number of halogens is 1. The Morgan fingerprint density at radius 3 is 2.89 bits per heavy atom. The molecule has 0 aliphatic heterocycles. The first-order valence-corrected chi connectivity index (χ1v) is 2.69. The van der Waals surface area contributed by atoms with E-state index in [0.29, 0.717) is 6.21 Å². The van der Waals surface area contributed by atoms with E-state index < -0.39 is 5.83 Å². The highest BCUT2D eigenvalue weighted by molar-refractivity contribution is 5.72. The zero-order valence-electron chi connectivity index (χ0n) is 5.26. The van der Waals surface area contributed by atoms with E-state index in [1.165, 1.54) is 0 Å².